The molecule has 1 aliphatic rings. The van der Waals surface area contributed by atoms with Crippen molar-refractivity contribution in [3.8, 4) is 11.3 Å². The maximum atomic E-state index is 13.6. The lowest BCUT2D eigenvalue weighted by atomic mass is 10.0. The van der Waals surface area contributed by atoms with E-state index in [0.717, 1.165) is 12.8 Å². The molecule has 116 valence electrons. The van der Waals surface area contributed by atoms with Gasteiger partial charge >= 0.3 is 6.18 Å². The molecule has 4 nitrogen and oxygen atoms in total. The summed E-state index contributed by atoms with van der Waals surface area (Å²) in [6.07, 6.45) is 0.142. The van der Waals surface area contributed by atoms with Crippen LogP contribution in [0.1, 0.15) is 34.5 Å². The zero-order valence-electron chi connectivity index (χ0n) is 11.7. The Morgan fingerprint density at radius 1 is 1.32 bits per heavy atom. The minimum absolute atomic E-state index is 0.0101. The average molecular weight is 309 g/mol. The van der Waals surface area contributed by atoms with Crippen LogP contribution in [-0.2, 0) is 19.1 Å². The number of nitrogens with two attached hydrogens (primary N) is 1. The highest BCUT2D eigenvalue weighted by atomic mass is 19.4. The predicted octanol–water partition coefficient (Wildman–Crippen LogP) is 3.00. The maximum Gasteiger partial charge on any atom is 0.419 e. The molecule has 0 bridgehead atoms. The molecule has 7 heteroatoms. The van der Waals surface area contributed by atoms with E-state index in [4.69, 9.17) is 5.73 Å². The first-order chi connectivity index (χ1) is 10.4. The number of primary amides is 1. The summed E-state index contributed by atoms with van der Waals surface area (Å²) in [6.45, 7) is 0.440. The molecule has 0 fully saturated rings. The summed E-state index contributed by atoms with van der Waals surface area (Å²) in [4.78, 5) is 15.6. The van der Waals surface area contributed by atoms with E-state index in [1.165, 1.54) is 12.4 Å². The first-order valence-electron chi connectivity index (χ1n) is 6.94. The van der Waals surface area contributed by atoms with E-state index in [0.29, 0.717) is 24.2 Å². The molecule has 22 heavy (non-hydrogen) atoms. The molecule has 3 rings (SSSR count). The molecule has 1 aliphatic heterocycles. The van der Waals surface area contributed by atoms with Gasteiger partial charge in [0.25, 0.3) is 5.91 Å². The molecule has 0 saturated heterocycles. The molecular formula is C15H14F3N3O. The summed E-state index contributed by atoms with van der Waals surface area (Å²) in [5.41, 5.74) is 4.63. The number of hydrogen-bond donors (Lipinski definition) is 1. The highest BCUT2D eigenvalue weighted by Gasteiger charge is 2.43. The van der Waals surface area contributed by atoms with E-state index >= 15 is 0 Å². The van der Waals surface area contributed by atoms with Crippen molar-refractivity contribution in [2.45, 2.75) is 32.0 Å². The van der Waals surface area contributed by atoms with Gasteiger partial charge in [-0.3, -0.25) is 9.78 Å². The predicted molar refractivity (Wildman–Crippen MR) is 74.1 cm³/mol. The molecule has 0 atom stereocenters. The highest BCUT2D eigenvalue weighted by molar-refractivity contribution is 5.98. The number of amides is 1. The van der Waals surface area contributed by atoms with Crippen LogP contribution in [0.3, 0.4) is 0 Å². The molecule has 0 aliphatic carbocycles. The van der Waals surface area contributed by atoms with Crippen LogP contribution < -0.4 is 5.73 Å². The van der Waals surface area contributed by atoms with Gasteiger partial charge in [-0.25, -0.2) is 0 Å². The normalized spacial score (nSPS) is 14.7. The van der Waals surface area contributed by atoms with Gasteiger partial charge < -0.3 is 10.3 Å². The number of pyridine rings is 1. The van der Waals surface area contributed by atoms with E-state index < -0.39 is 23.2 Å². The van der Waals surface area contributed by atoms with Gasteiger partial charge in [0.2, 0.25) is 0 Å². The van der Waals surface area contributed by atoms with Gasteiger partial charge in [-0.15, -0.1) is 0 Å². The van der Waals surface area contributed by atoms with Crippen molar-refractivity contribution in [3.63, 3.8) is 0 Å². The first-order valence-corrected chi connectivity index (χ1v) is 6.94. The zero-order valence-corrected chi connectivity index (χ0v) is 11.7. The fourth-order valence-corrected chi connectivity index (χ4v) is 3.08. The van der Waals surface area contributed by atoms with E-state index in [2.05, 4.69) is 4.98 Å². The standard InChI is InChI=1S/C15H14F3N3O/c16-15(17,18)12-11(14(19)22)10-5-1-2-7-21(10)13(12)9-4-3-6-20-8-9/h3-4,6,8H,1-2,5,7H2,(H2,19,22). The van der Waals surface area contributed by atoms with Crippen molar-refractivity contribution in [1.29, 1.82) is 0 Å². The number of carbonyl (C=O) groups is 1. The van der Waals surface area contributed by atoms with Crippen LogP contribution in [-0.4, -0.2) is 15.5 Å². The lowest BCUT2D eigenvalue weighted by Crippen LogP contribution is -2.20. The maximum absolute atomic E-state index is 13.6. The summed E-state index contributed by atoms with van der Waals surface area (Å²) >= 11 is 0. The second kappa shape index (κ2) is 5.15. The van der Waals surface area contributed by atoms with Gasteiger partial charge in [0.15, 0.2) is 0 Å². The van der Waals surface area contributed by atoms with E-state index in [9.17, 15) is 18.0 Å². The average Bonchev–Trinajstić information content (AvgIpc) is 2.83. The second-order valence-corrected chi connectivity index (χ2v) is 5.26. The third-order valence-corrected chi connectivity index (χ3v) is 3.88. The molecule has 0 spiro atoms. The number of alkyl halides is 3. The smallest absolute Gasteiger partial charge is 0.366 e. The fourth-order valence-electron chi connectivity index (χ4n) is 3.08. The van der Waals surface area contributed by atoms with Gasteiger partial charge in [0, 0.05) is 30.2 Å². The highest BCUT2D eigenvalue weighted by Crippen LogP contribution is 2.43. The molecule has 0 aromatic carbocycles. The lowest BCUT2D eigenvalue weighted by molar-refractivity contribution is -0.137. The number of carbonyl (C=O) groups excluding carboxylic acids is 1. The molecule has 0 unspecified atom stereocenters. The molecule has 0 radical (unpaired) electrons. The number of hydrogen-bond acceptors (Lipinski definition) is 2. The third-order valence-electron chi connectivity index (χ3n) is 3.88. The van der Waals surface area contributed by atoms with E-state index in [-0.39, 0.29) is 5.69 Å². The van der Waals surface area contributed by atoms with Crippen molar-refractivity contribution in [2.24, 2.45) is 5.73 Å². The largest absolute Gasteiger partial charge is 0.419 e. The Labute approximate surface area is 124 Å². The molecule has 1 amide bonds. The van der Waals surface area contributed by atoms with Crippen LogP contribution in [0.15, 0.2) is 24.5 Å². The van der Waals surface area contributed by atoms with Crippen molar-refractivity contribution in [3.05, 3.63) is 41.3 Å². The number of fused-ring (bicyclic) bond motifs is 1. The van der Waals surface area contributed by atoms with Crippen LogP contribution in [0.5, 0.6) is 0 Å². The summed E-state index contributed by atoms with van der Waals surface area (Å²) in [5.74, 6) is -1.03. The van der Waals surface area contributed by atoms with Gasteiger partial charge in [-0.2, -0.15) is 13.2 Å². The minimum atomic E-state index is -4.65. The Balaban J connectivity index is 2.39. The number of aromatic nitrogens is 2. The molecule has 3 heterocycles. The van der Waals surface area contributed by atoms with Gasteiger partial charge in [0.05, 0.1) is 16.8 Å². The Morgan fingerprint density at radius 2 is 2.09 bits per heavy atom. The Morgan fingerprint density at radius 3 is 2.68 bits per heavy atom. The van der Waals surface area contributed by atoms with Crippen molar-refractivity contribution >= 4 is 5.91 Å². The van der Waals surface area contributed by atoms with Crippen LogP contribution in [0.25, 0.3) is 11.3 Å². The van der Waals surface area contributed by atoms with Crippen molar-refractivity contribution in [2.75, 3.05) is 0 Å². The van der Waals surface area contributed by atoms with Crippen LogP contribution in [0.4, 0.5) is 13.2 Å². The summed E-state index contributed by atoms with van der Waals surface area (Å²) < 4.78 is 42.4. The van der Waals surface area contributed by atoms with Crippen LogP contribution in [0, 0.1) is 0 Å². The quantitative estimate of drug-likeness (QED) is 0.927. The molecule has 0 saturated carbocycles. The van der Waals surface area contributed by atoms with Crippen LogP contribution >= 0.6 is 0 Å². The van der Waals surface area contributed by atoms with Crippen LogP contribution in [0.2, 0.25) is 0 Å². The fraction of sp³-hybridized carbons (Fsp3) is 0.333. The topological polar surface area (TPSA) is 60.9 Å². The van der Waals surface area contributed by atoms with Gasteiger partial charge in [0.1, 0.15) is 0 Å². The SMILES string of the molecule is NC(=O)c1c(C(F)(F)F)c(-c2cccnc2)n2c1CCCC2. The summed E-state index contributed by atoms with van der Waals surface area (Å²) in [5, 5.41) is 0. The zero-order chi connectivity index (χ0) is 15.9. The number of rotatable bonds is 2. The van der Waals surface area contributed by atoms with Crippen molar-refractivity contribution < 1.29 is 18.0 Å². The molecular weight excluding hydrogens is 295 g/mol. The molecule has 2 aromatic heterocycles. The second-order valence-electron chi connectivity index (χ2n) is 5.26. The Bertz CT molecular complexity index is 720. The first kappa shape index (κ1) is 14.6. The Kier molecular flexibility index (Phi) is 3.42. The molecule has 2 aromatic rings. The number of halogens is 3. The summed E-state index contributed by atoms with van der Waals surface area (Å²) in [6, 6.07) is 3.13. The molecule has 2 N–H and O–H groups in total. The van der Waals surface area contributed by atoms with Gasteiger partial charge in [-0.1, -0.05) is 0 Å². The van der Waals surface area contributed by atoms with Gasteiger partial charge in [-0.05, 0) is 31.4 Å². The third kappa shape index (κ3) is 2.26. The van der Waals surface area contributed by atoms with Crippen molar-refractivity contribution in [1.82, 2.24) is 9.55 Å². The number of nitrogens with zero attached hydrogens (tertiary/aromatic N) is 2. The monoisotopic (exact) mass is 309 g/mol. The van der Waals surface area contributed by atoms with E-state index in [1.807, 2.05) is 0 Å². The Hall–Kier alpha value is -2.31. The van der Waals surface area contributed by atoms with E-state index in [1.54, 1.807) is 16.7 Å². The lowest BCUT2D eigenvalue weighted by Gasteiger charge is -2.18. The minimum Gasteiger partial charge on any atom is -0.366 e. The summed E-state index contributed by atoms with van der Waals surface area (Å²) in [7, 11) is 0.